The number of carbonyl (C=O) groups excluding carboxylic acids is 3. The Morgan fingerprint density at radius 2 is 2.04 bits per heavy atom. The lowest BCUT2D eigenvalue weighted by molar-refractivity contribution is -0.132. The van der Waals surface area contributed by atoms with Gasteiger partial charge in [0.2, 0.25) is 5.91 Å². The molecule has 1 N–H and O–H groups in total. The third-order valence-corrected chi connectivity index (χ3v) is 5.35. The normalized spacial score (nSPS) is 19.8. The molecule has 8 heteroatoms. The Kier molecular flexibility index (Phi) is 5.30. The van der Waals surface area contributed by atoms with Crippen molar-refractivity contribution in [3.63, 3.8) is 0 Å². The third kappa shape index (κ3) is 3.67. The Labute approximate surface area is 149 Å². The highest BCUT2D eigenvalue weighted by molar-refractivity contribution is 7.99. The maximum absolute atomic E-state index is 12.1. The van der Waals surface area contributed by atoms with Crippen LogP contribution in [0.4, 0.5) is 4.79 Å². The molecule has 24 heavy (non-hydrogen) atoms. The lowest BCUT2D eigenvalue weighted by atomic mass is 10.2. The SMILES string of the molecule is O=C(CN1C(=O)[C@H]2CCCN2C1=O)NCCSc1ccc(Cl)cc1. The third-order valence-electron chi connectivity index (χ3n) is 4.09. The Bertz CT molecular complexity index is 630. The molecule has 0 saturated carbocycles. The van der Waals surface area contributed by atoms with Crippen LogP contribution in [0, 0.1) is 0 Å². The van der Waals surface area contributed by atoms with Crippen LogP contribution in [-0.2, 0) is 9.59 Å². The standard InChI is InChI=1S/C16H18ClN3O3S/c17-11-3-5-12(6-4-11)24-9-7-18-14(21)10-20-15(22)13-2-1-8-19(13)16(20)23/h3-6,13H,1-2,7-10H2,(H,18,21)/t13-/m1/s1. The van der Waals surface area contributed by atoms with Crippen LogP contribution in [0.15, 0.2) is 29.2 Å². The van der Waals surface area contributed by atoms with Gasteiger partial charge in [0.25, 0.3) is 5.91 Å². The van der Waals surface area contributed by atoms with Gasteiger partial charge >= 0.3 is 6.03 Å². The molecule has 0 bridgehead atoms. The summed E-state index contributed by atoms with van der Waals surface area (Å²) in [6.45, 7) is 0.872. The number of nitrogens with one attached hydrogen (secondary N) is 1. The zero-order valence-electron chi connectivity index (χ0n) is 13.0. The Morgan fingerprint density at radius 3 is 2.75 bits per heavy atom. The summed E-state index contributed by atoms with van der Waals surface area (Å²) in [5, 5.41) is 3.44. The summed E-state index contributed by atoms with van der Waals surface area (Å²) in [5.41, 5.74) is 0. The van der Waals surface area contributed by atoms with Gasteiger partial charge in [0.1, 0.15) is 12.6 Å². The molecule has 0 unspecified atom stereocenters. The number of hydrogen-bond donors (Lipinski definition) is 1. The largest absolute Gasteiger partial charge is 0.354 e. The van der Waals surface area contributed by atoms with Crippen LogP contribution < -0.4 is 5.32 Å². The van der Waals surface area contributed by atoms with Crippen LogP contribution in [0.3, 0.4) is 0 Å². The highest BCUT2D eigenvalue weighted by atomic mass is 35.5. The maximum atomic E-state index is 12.1. The van der Waals surface area contributed by atoms with E-state index in [1.165, 1.54) is 0 Å². The molecule has 1 aromatic carbocycles. The molecule has 6 nitrogen and oxygen atoms in total. The topological polar surface area (TPSA) is 69.7 Å². The first-order valence-corrected chi connectivity index (χ1v) is 9.19. The Hall–Kier alpha value is -1.73. The lowest BCUT2D eigenvalue weighted by Crippen LogP contribution is -2.42. The fourth-order valence-corrected chi connectivity index (χ4v) is 3.81. The zero-order chi connectivity index (χ0) is 17.1. The van der Waals surface area contributed by atoms with Crippen molar-refractivity contribution in [3.8, 4) is 0 Å². The van der Waals surface area contributed by atoms with Crippen molar-refractivity contribution in [3.05, 3.63) is 29.3 Å². The summed E-state index contributed by atoms with van der Waals surface area (Å²) in [6, 6.07) is 6.78. The summed E-state index contributed by atoms with van der Waals surface area (Å²) in [6.07, 6.45) is 1.55. The molecule has 0 aliphatic carbocycles. The average Bonchev–Trinajstić information content (AvgIpc) is 3.13. The molecule has 2 aliphatic heterocycles. The van der Waals surface area contributed by atoms with Crippen molar-refractivity contribution in [1.82, 2.24) is 15.1 Å². The predicted molar refractivity (Wildman–Crippen MR) is 92.0 cm³/mol. The number of thioether (sulfide) groups is 1. The van der Waals surface area contributed by atoms with Crippen molar-refractivity contribution in [2.45, 2.75) is 23.8 Å². The fraction of sp³-hybridized carbons (Fsp3) is 0.438. The van der Waals surface area contributed by atoms with Crippen LogP contribution in [0.5, 0.6) is 0 Å². The van der Waals surface area contributed by atoms with E-state index in [-0.39, 0.29) is 30.4 Å². The van der Waals surface area contributed by atoms with Gasteiger partial charge in [-0.15, -0.1) is 11.8 Å². The van der Waals surface area contributed by atoms with Gasteiger partial charge in [-0.3, -0.25) is 14.5 Å². The number of hydrogen-bond acceptors (Lipinski definition) is 4. The molecule has 2 aliphatic rings. The second kappa shape index (κ2) is 7.44. The molecule has 4 amide bonds. The number of imide groups is 1. The lowest BCUT2D eigenvalue weighted by Gasteiger charge is -2.15. The van der Waals surface area contributed by atoms with Gasteiger partial charge < -0.3 is 10.2 Å². The number of nitrogens with zero attached hydrogens (tertiary/aromatic N) is 2. The van der Waals surface area contributed by atoms with Crippen molar-refractivity contribution >= 4 is 41.2 Å². The highest BCUT2D eigenvalue weighted by Gasteiger charge is 2.47. The summed E-state index contributed by atoms with van der Waals surface area (Å²) >= 11 is 7.42. The van der Waals surface area contributed by atoms with Crippen LogP contribution in [0.25, 0.3) is 0 Å². The molecule has 2 saturated heterocycles. The molecule has 1 aromatic rings. The van der Waals surface area contributed by atoms with Crippen molar-refractivity contribution < 1.29 is 14.4 Å². The first-order chi connectivity index (χ1) is 11.6. The second-order valence-electron chi connectivity index (χ2n) is 5.71. The summed E-state index contributed by atoms with van der Waals surface area (Å²) < 4.78 is 0. The van der Waals surface area contributed by atoms with Crippen molar-refractivity contribution in [1.29, 1.82) is 0 Å². The summed E-state index contributed by atoms with van der Waals surface area (Å²) in [7, 11) is 0. The fourth-order valence-electron chi connectivity index (χ4n) is 2.92. The van der Waals surface area contributed by atoms with Gasteiger partial charge in [0, 0.05) is 28.8 Å². The van der Waals surface area contributed by atoms with E-state index in [0.717, 1.165) is 16.2 Å². The van der Waals surface area contributed by atoms with E-state index >= 15 is 0 Å². The first-order valence-electron chi connectivity index (χ1n) is 7.83. The monoisotopic (exact) mass is 367 g/mol. The molecule has 128 valence electrons. The van der Waals surface area contributed by atoms with E-state index in [4.69, 9.17) is 11.6 Å². The predicted octanol–water partition coefficient (Wildman–Crippen LogP) is 1.97. The number of carbonyl (C=O) groups is 3. The zero-order valence-corrected chi connectivity index (χ0v) is 14.6. The number of fused-ring (bicyclic) bond motifs is 1. The minimum atomic E-state index is -0.356. The molecule has 0 radical (unpaired) electrons. The Balaban J connectivity index is 1.40. The van der Waals surface area contributed by atoms with E-state index in [9.17, 15) is 14.4 Å². The van der Waals surface area contributed by atoms with E-state index in [2.05, 4.69) is 5.32 Å². The molecule has 1 atom stereocenters. The molecule has 0 aromatic heterocycles. The van der Waals surface area contributed by atoms with E-state index in [0.29, 0.717) is 30.3 Å². The first kappa shape index (κ1) is 17.1. The number of amides is 4. The van der Waals surface area contributed by atoms with Crippen molar-refractivity contribution in [2.24, 2.45) is 0 Å². The van der Waals surface area contributed by atoms with Gasteiger partial charge in [-0.2, -0.15) is 0 Å². The molecule has 2 fully saturated rings. The molecule has 2 heterocycles. The minimum absolute atomic E-state index is 0.198. The average molecular weight is 368 g/mol. The van der Waals surface area contributed by atoms with Crippen LogP contribution >= 0.6 is 23.4 Å². The molecular formula is C16H18ClN3O3S. The molecular weight excluding hydrogens is 350 g/mol. The molecule has 0 spiro atoms. The number of rotatable bonds is 6. The van der Waals surface area contributed by atoms with Gasteiger partial charge in [-0.25, -0.2) is 4.79 Å². The van der Waals surface area contributed by atoms with E-state index in [1.807, 2.05) is 24.3 Å². The molecule has 3 rings (SSSR count). The smallest absolute Gasteiger partial charge is 0.327 e. The summed E-state index contributed by atoms with van der Waals surface area (Å²) in [5.74, 6) is 0.141. The van der Waals surface area contributed by atoms with Crippen LogP contribution in [0.2, 0.25) is 5.02 Å². The van der Waals surface area contributed by atoms with Gasteiger partial charge in [0.05, 0.1) is 0 Å². The number of halogens is 1. The van der Waals surface area contributed by atoms with Gasteiger partial charge in [-0.1, -0.05) is 11.6 Å². The van der Waals surface area contributed by atoms with Gasteiger partial charge in [-0.05, 0) is 37.1 Å². The number of urea groups is 1. The summed E-state index contributed by atoms with van der Waals surface area (Å²) in [4.78, 5) is 39.9. The quantitative estimate of drug-likeness (QED) is 0.474. The van der Waals surface area contributed by atoms with Crippen LogP contribution in [0.1, 0.15) is 12.8 Å². The van der Waals surface area contributed by atoms with Crippen LogP contribution in [-0.4, -0.2) is 59.1 Å². The van der Waals surface area contributed by atoms with Gasteiger partial charge in [0.15, 0.2) is 0 Å². The van der Waals surface area contributed by atoms with Crippen molar-refractivity contribution in [2.75, 3.05) is 25.4 Å². The highest BCUT2D eigenvalue weighted by Crippen LogP contribution is 2.27. The van der Waals surface area contributed by atoms with E-state index < -0.39 is 0 Å². The van der Waals surface area contributed by atoms with E-state index in [1.54, 1.807) is 16.7 Å². The Morgan fingerprint density at radius 1 is 1.29 bits per heavy atom. The second-order valence-corrected chi connectivity index (χ2v) is 7.32. The minimum Gasteiger partial charge on any atom is -0.354 e. The maximum Gasteiger partial charge on any atom is 0.327 e. The number of benzene rings is 1.